The standard InChI is InChI=1S/C40H36N4O7/c45-33-17-16-26(20-34(33)46)18-19-41-39(51)32(43-38(50)27-21-35(47)37(49)36(48)22-27)23-31-24-44(25-42-31)40(28-10-4-1-5-11-28,29-12-6-2-7-13-29)30-14-8-3-9-15-30/h1-17,20-22,24-25,32,45-49H,18-19,23H2,(H,41,51)(H,43,50)/t32-/m0/s1. The lowest BCUT2D eigenvalue weighted by Gasteiger charge is -2.37. The van der Waals surface area contributed by atoms with Gasteiger partial charge in [0.1, 0.15) is 11.6 Å². The minimum Gasteiger partial charge on any atom is -0.504 e. The molecule has 11 nitrogen and oxygen atoms in total. The third-order valence-electron chi connectivity index (χ3n) is 8.72. The molecule has 0 unspecified atom stereocenters. The molecule has 0 bridgehead atoms. The largest absolute Gasteiger partial charge is 0.504 e. The van der Waals surface area contributed by atoms with Crippen molar-refractivity contribution in [2.45, 2.75) is 24.4 Å². The van der Waals surface area contributed by atoms with Crippen LogP contribution in [0.2, 0.25) is 0 Å². The van der Waals surface area contributed by atoms with Crippen molar-refractivity contribution >= 4 is 11.8 Å². The summed E-state index contributed by atoms with van der Waals surface area (Å²) < 4.78 is 1.99. The number of carbonyl (C=O) groups excluding carboxylic acids is 2. The maximum absolute atomic E-state index is 13.7. The molecule has 51 heavy (non-hydrogen) atoms. The molecule has 0 radical (unpaired) electrons. The van der Waals surface area contributed by atoms with Gasteiger partial charge in [-0.15, -0.1) is 0 Å². The van der Waals surface area contributed by atoms with Gasteiger partial charge in [-0.3, -0.25) is 9.59 Å². The van der Waals surface area contributed by atoms with E-state index in [0.717, 1.165) is 28.8 Å². The fraction of sp³-hybridized carbons (Fsp3) is 0.125. The second kappa shape index (κ2) is 14.8. The Labute approximate surface area is 293 Å². The highest BCUT2D eigenvalue weighted by atomic mass is 16.3. The Morgan fingerprint density at radius 1 is 0.686 bits per heavy atom. The Morgan fingerprint density at radius 3 is 1.76 bits per heavy atom. The number of amides is 2. The number of imidazole rings is 1. The number of nitrogens with zero attached hydrogens (tertiary/aromatic N) is 2. The van der Waals surface area contributed by atoms with Gasteiger partial charge < -0.3 is 40.7 Å². The summed E-state index contributed by atoms with van der Waals surface area (Å²) in [5.74, 6) is -4.02. The highest BCUT2D eigenvalue weighted by Crippen LogP contribution is 2.41. The van der Waals surface area contributed by atoms with Gasteiger partial charge in [0.2, 0.25) is 5.91 Å². The van der Waals surface area contributed by atoms with E-state index in [1.54, 1.807) is 12.4 Å². The van der Waals surface area contributed by atoms with Crippen LogP contribution in [0.4, 0.5) is 0 Å². The number of aromatic nitrogens is 2. The number of benzene rings is 5. The van der Waals surface area contributed by atoms with E-state index < -0.39 is 40.6 Å². The van der Waals surface area contributed by atoms with Crippen molar-refractivity contribution in [3.8, 4) is 28.7 Å². The third-order valence-corrected chi connectivity index (χ3v) is 8.72. The number of aromatic hydroxyl groups is 5. The molecular weight excluding hydrogens is 648 g/mol. The van der Waals surface area contributed by atoms with E-state index in [2.05, 4.69) is 10.6 Å². The zero-order chi connectivity index (χ0) is 36.0. The van der Waals surface area contributed by atoms with Crippen LogP contribution in [0.15, 0.2) is 134 Å². The van der Waals surface area contributed by atoms with E-state index in [9.17, 15) is 35.1 Å². The van der Waals surface area contributed by atoms with Gasteiger partial charge in [0.15, 0.2) is 28.7 Å². The quantitative estimate of drug-likeness (QED) is 0.0700. The van der Waals surface area contributed by atoms with Gasteiger partial charge in [-0.25, -0.2) is 4.98 Å². The van der Waals surface area contributed by atoms with Crippen LogP contribution in [0.3, 0.4) is 0 Å². The Morgan fingerprint density at radius 2 is 1.24 bits per heavy atom. The number of phenols is 5. The van der Waals surface area contributed by atoms with E-state index in [-0.39, 0.29) is 30.0 Å². The topological polar surface area (TPSA) is 177 Å². The van der Waals surface area contributed by atoms with Crippen molar-refractivity contribution in [3.63, 3.8) is 0 Å². The molecule has 1 aromatic heterocycles. The molecular formula is C40H36N4O7. The fourth-order valence-electron chi connectivity index (χ4n) is 6.21. The van der Waals surface area contributed by atoms with Crippen molar-refractivity contribution < 1.29 is 35.1 Å². The van der Waals surface area contributed by atoms with Gasteiger partial charge in [-0.05, 0) is 52.9 Å². The van der Waals surface area contributed by atoms with Crippen LogP contribution in [0, 0.1) is 0 Å². The number of phenolic OH excluding ortho intramolecular Hbond substituents is 5. The van der Waals surface area contributed by atoms with E-state index in [1.807, 2.05) is 102 Å². The Hall–Kier alpha value is -6.75. The fourth-order valence-corrected chi connectivity index (χ4v) is 6.21. The van der Waals surface area contributed by atoms with Gasteiger partial charge in [-0.1, -0.05) is 97.1 Å². The van der Waals surface area contributed by atoms with Crippen molar-refractivity contribution in [3.05, 3.63) is 167 Å². The molecule has 1 atom stereocenters. The SMILES string of the molecule is O=C(N[C@@H](Cc1cn(C(c2ccccc2)(c2ccccc2)c2ccccc2)cn1)C(=O)NCCc1ccc(O)c(O)c1)c1cc(O)c(O)c(O)c1. The first-order valence-corrected chi connectivity index (χ1v) is 16.2. The molecule has 0 spiro atoms. The number of rotatable bonds is 12. The Bertz CT molecular complexity index is 2020. The summed E-state index contributed by atoms with van der Waals surface area (Å²) in [5, 5.41) is 54.8. The second-order valence-corrected chi connectivity index (χ2v) is 12.0. The maximum atomic E-state index is 13.7. The normalized spacial score (nSPS) is 11.8. The van der Waals surface area contributed by atoms with Gasteiger partial charge in [-0.2, -0.15) is 0 Å². The number of hydrogen-bond acceptors (Lipinski definition) is 8. The summed E-state index contributed by atoms with van der Waals surface area (Å²) in [6, 6.07) is 35.2. The van der Waals surface area contributed by atoms with Crippen LogP contribution in [-0.4, -0.2) is 59.5 Å². The lowest BCUT2D eigenvalue weighted by Crippen LogP contribution is -2.48. The van der Waals surface area contributed by atoms with Gasteiger partial charge >= 0.3 is 0 Å². The van der Waals surface area contributed by atoms with Crippen LogP contribution in [0.1, 0.15) is 38.3 Å². The van der Waals surface area contributed by atoms with E-state index in [1.165, 1.54) is 12.1 Å². The molecule has 2 amide bonds. The second-order valence-electron chi connectivity index (χ2n) is 12.0. The van der Waals surface area contributed by atoms with Crippen LogP contribution >= 0.6 is 0 Å². The average Bonchev–Trinajstić information content (AvgIpc) is 3.61. The predicted octanol–water partition coefficient (Wildman–Crippen LogP) is 4.95. The average molecular weight is 685 g/mol. The summed E-state index contributed by atoms with van der Waals surface area (Å²) in [6.07, 6.45) is 3.83. The van der Waals surface area contributed by atoms with Crippen LogP contribution in [0.5, 0.6) is 28.7 Å². The number of hydrogen-bond donors (Lipinski definition) is 7. The first kappa shape index (κ1) is 34.1. The summed E-state index contributed by atoms with van der Waals surface area (Å²) in [5.41, 5.74) is 3.04. The van der Waals surface area contributed by atoms with Crippen molar-refractivity contribution in [1.82, 2.24) is 20.2 Å². The van der Waals surface area contributed by atoms with E-state index in [4.69, 9.17) is 4.98 Å². The molecule has 258 valence electrons. The number of nitrogens with one attached hydrogen (secondary N) is 2. The minimum absolute atomic E-state index is 0.0327. The summed E-state index contributed by atoms with van der Waals surface area (Å²) in [6.45, 7) is 0.143. The van der Waals surface area contributed by atoms with Crippen LogP contribution < -0.4 is 10.6 Å². The molecule has 0 fully saturated rings. The zero-order valence-electron chi connectivity index (χ0n) is 27.3. The molecule has 0 aliphatic rings. The molecule has 6 aromatic rings. The Kier molecular flexibility index (Phi) is 9.90. The molecule has 11 heteroatoms. The van der Waals surface area contributed by atoms with Crippen molar-refractivity contribution in [1.29, 1.82) is 0 Å². The lowest BCUT2D eigenvalue weighted by atomic mass is 9.77. The van der Waals surface area contributed by atoms with E-state index >= 15 is 0 Å². The first-order valence-electron chi connectivity index (χ1n) is 16.2. The molecule has 0 saturated carbocycles. The first-order chi connectivity index (χ1) is 24.7. The zero-order valence-corrected chi connectivity index (χ0v) is 27.3. The maximum Gasteiger partial charge on any atom is 0.252 e. The molecule has 0 saturated heterocycles. The molecule has 7 N–H and O–H groups in total. The molecule has 5 aromatic carbocycles. The van der Waals surface area contributed by atoms with Crippen LogP contribution in [-0.2, 0) is 23.2 Å². The van der Waals surface area contributed by atoms with Gasteiger partial charge in [0, 0.05) is 24.7 Å². The third kappa shape index (κ3) is 7.18. The predicted molar refractivity (Wildman–Crippen MR) is 190 cm³/mol. The molecule has 0 aliphatic carbocycles. The summed E-state index contributed by atoms with van der Waals surface area (Å²) in [7, 11) is 0. The van der Waals surface area contributed by atoms with Crippen molar-refractivity contribution in [2.75, 3.05) is 6.54 Å². The monoisotopic (exact) mass is 684 g/mol. The molecule has 0 aliphatic heterocycles. The van der Waals surface area contributed by atoms with Crippen molar-refractivity contribution in [2.24, 2.45) is 0 Å². The highest BCUT2D eigenvalue weighted by Gasteiger charge is 2.38. The summed E-state index contributed by atoms with van der Waals surface area (Å²) >= 11 is 0. The van der Waals surface area contributed by atoms with Gasteiger partial charge in [0.05, 0.1) is 12.0 Å². The lowest BCUT2D eigenvalue weighted by molar-refractivity contribution is -0.122. The van der Waals surface area contributed by atoms with E-state index in [0.29, 0.717) is 17.7 Å². The van der Waals surface area contributed by atoms with Crippen LogP contribution in [0.25, 0.3) is 0 Å². The molecule has 6 rings (SSSR count). The number of carbonyl (C=O) groups is 2. The summed E-state index contributed by atoms with van der Waals surface area (Å²) in [4.78, 5) is 31.8. The highest BCUT2D eigenvalue weighted by molar-refractivity contribution is 5.98. The molecule has 1 heterocycles. The Balaban J connectivity index is 1.34. The van der Waals surface area contributed by atoms with Gasteiger partial charge in [0.25, 0.3) is 5.91 Å². The smallest absolute Gasteiger partial charge is 0.252 e. The minimum atomic E-state index is -1.16.